The minimum Gasteiger partial charge on any atom is -0.382 e. The van der Waals surface area contributed by atoms with Gasteiger partial charge in [0.05, 0.1) is 5.56 Å². The number of hydrogen-bond acceptors (Lipinski definition) is 5. The Labute approximate surface area is 124 Å². The van der Waals surface area contributed by atoms with E-state index in [2.05, 4.69) is 10.3 Å². The Hall–Kier alpha value is -2.28. The lowest BCUT2D eigenvalue weighted by molar-refractivity contribution is 0.103. The number of halogens is 2. The van der Waals surface area contributed by atoms with Gasteiger partial charge in [-0.05, 0) is 26.0 Å². The van der Waals surface area contributed by atoms with Crippen molar-refractivity contribution in [3.8, 4) is 0 Å². The zero-order valence-electron chi connectivity index (χ0n) is 11.4. The summed E-state index contributed by atoms with van der Waals surface area (Å²) in [6, 6.07) is 3.24. The van der Waals surface area contributed by atoms with Crippen molar-refractivity contribution in [1.82, 2.24) is 4.98 Å². The van der Waals surface area contributed by atoms with E-state index in [0.717, 1.165) is 29.2 Å². The van der Waals surface area contributed by atoms with Crippen molar-refractivity contribution < 1.29 is 13.6 Å². The van der Waals surface area contributed by atoms with Crippen LogP contribution in [0.3, 0.4) is 0 Å². The summed E-state index contributed by atoms with van der Waals surface area (Å²) in [6.45, 7) is 3.65. The van der Waals surface area contributed by atoms with Gasteiger partial charge in [0, 0.05) is 5.70 Å². The highest BCUT2D eigenvalue weighted by Gasteiger charge is 2.24. The van der Waals surface area contributed by atoms with E-state index < -0.39 is 23.0 Å². The third-order valence-corrected chi connectivity index (χ3v) is 3.77. The van der Waals surface area contributed by atoms with Crippen LogP contribution in [-0.4, -0.2) is 10.8 Å². The Morgan fingerprint density at radius 2 is 2.00 bits per heavy atom. The molecular weight excluding hydrogens is 296 g/mol. The predicted octanol–water partition coefficient (Wildman–Crippen LogP) is 3.57. The Balaban J connectivity index is 2.40. The second-order valence-electron chi connectivity index (χ2n) is 4.26. The highest BCUT2D eigenvalue weighted by atomic mass is 32.1. The number of carbonyl (C=O) groups is 1. The molecule has 2 rings (SSSR count). The average molecular weight is 309 g/mol. The normalized spacial score (nSPS) is 11.5. The van der Waals surface area contributed by atoms with Crippen molar-refractivity contribution >= 4 is 28.1 Å². The molecule has 1 heterocycles. The standard InChI is InChI=1S/C14H13F2N3OS/c1-3-7(2)18-14-19-13(17)12(21-14)11(20)10-8(15)5-4-6-9(10)16/h3-6H,17H2,1-2H3,(H,18,19)/b7-3+. The van der Waals surface area contributed by atoms with Crippen LogP contribution in [0.4, 0.5) is 19.7 Å². The van der Waals surface area contributed by atoms with Gasteiger partial charge in [-0.1, -0.05) is 23.5 Å². The molecule has 4 nitrogen and oxygen atoms in total. The molecule has 0 aliphatic rings. The smallest absolute Gasteiger partial charge is 0.212 e. The molecule has 2 aromatic rings. The number of allylic oxidation sites excluding steroid dienone is 2. The second-order valence-corrected chi connectivity index (χ2v) is 5.25. The number of anilines is 2. The summed E-state index contributed by atoms with van der Waals surface area (Å²) >= 11 is 0.953. The maximum Gasteiger partial charge on any atom is 0.212 e. The van der Waals surface area contributed by atoms with Gasteiger partial charge in [-0.25, -0.2) is 13.8 Å². The molecule has 1 aromatic heterocycles. The van der Waals surface area contributed by atoms with E-state index in [1.165, 1.54) is 6.07 Å². The molecule has 7 heteroatoms. The lowest BCUT2D eigenvalue weighted by atomic mass is 10.1. The van der Waals surface area contributed by atoms with Crippen LogP contribution in [0.1, 0.15) is 29.1 Å². The lowest BCUT2D eigenvalue weighted by Gasteiger charge is -2.02. The zero-order chi connectivity index (χ0) is 15.6. The van der Waals surface area contributed by atoms with Crippen molar-refractivity contribution in [1.29, 1.82) is 0 Å². The van der Waals surface area contributed by atoms with Gasteiger partial charge >= 0.3 is 0 Å². The van der Waals surface area contributed by atoms with Crippen LogP contribution < -0.4 is 11.1 Å². The third kappa shape index (κ3) is 3.08. The number of nitrogen functional groups attached to an aromatic ring is 1. The van der Waals surface area contributed by atoms with Crippen LogP contribution in [0.15, 0.2) is 30.0 Å². The molecule has 21 heavy (non-hydrogen) atoms. The second kappa shape index (κ2) is 6.01. The summed E-state index contributed by atoms with van der Waals surface area (Å²) in [5.41, 5.74) is 5.87. The molecule has 0 unspecified atom stereocenters. The molecular formula is C14H13F2N3OS. The molecule has 0 aliphatic carbocycles. The fourth-order valence-corrected chi connectivity index (χ4v) is 2.51. The summed E-state index contributed by atoms with van der Waals surface area (Å²) in [5.74, 6) is -2.72. The molecule has 0 aliphatic heterocycles. The number of ketones is 1. The number of hydrogen-bond donors (Lipinski definition) is 2. The number of carbonyl (C=O) groups excluding carboxylic acids is 1. The summed E-state index contributed by atoms with van der Waals surface area (Å²) in [4.78, 5) is 16.2. The van der Waals surface area contributed by atoms with Crippen LogP contribution in [-0.2, 0) is 0 Å². The van der Waals surface area contributed by atoms with Gasteiger partial charge in [-0.2, -0.15) is 0 Å². The zero-order valence-corrected chi connectivity index (χ0v) is 12.2. The van der Waals surface area contributed by atoms with E-state index in [1.54, 1.807) is 0 Å². The van der Waals surface area contributed by atoms with Gasteiger partial charge in [0.2, 0.25) is 5.78 Å². The average Bonchev–Trinajstić information content (AvgIpc) is 2.79. The summed E-state index contributed by atoms with van der Waals surface area (Å²) in [5, 5.41) is 3.33. The SMILES string of the molecule is C/C=C(\C)Nc1nc(N)c(C(=O)c2c(F)cccc2F)s1. The summed E-state index contributed by atoms with van der Waals surface area (Å²) < 4.78 is 27.3. The first-order valence-corrected chi connectivity index (χ1v) is 6.90. The van der Waals surface area contributed by atoms with E-state index in [1.807, 2.05) is 19.9 Å². The molecule has 0 fully saturated rings. The number of aromatic nitrogens is 1. The summed E-state index contributed by atoms with van der Waals surface area (Å²) in [7, 11) is 0. The number of benzene rings is 1. The quantitative estimate of drug-likeness (QED) is 0.847. The minimum absolute atomic E-state index is 0.00500. The largest absolute Gasteiger partial charge is 0.382 e. The molecule has 0 saturated heterocycles. The van der Waals surface area contributed by atoms with Gasteiger partial charge in [0.25, 0.3) is 0 Å². The highest BCUT2D eigenvalue weighted by Crippen LogP contribution is 2.29. The maximum absolute atomic E-state index is 13.6. The van der Waals surface area contributed by atoms with E-state index in [0.29, 0.717) is 5.13 Å². The molecule has 1 aromatic carbocycles. The Morgan fingerprint density at radius 1 is 1.38 bits per heavy atom. The van der Waals surface area contributed by atoms with Crippen molar-refractivity contribution in [2.24, 2.45) is 0 Å². The van der Waals surface area contributed by atoms with E-state index >= 15 is 0 Å². The molecule has 3 N–H and O–H groups in total. The molecule has 0 radical (unpaired) electrons. The third-order valence-electron chi connectivity index (χ3n) is 2.79. The van der Waals surface area contributed by atoms with Crippen LogP contribution in [0.2, 0.25) is 0 Å². The number of rotatable bonds is 4. The molecule has 0 spiro atoms. The molecule has 110 valence electrons. The minimum atomic E-state index is -0.924. The van der Waals surface area contributed by atoms with Gasteiger partial charge in [0.1, 0.15) is 22.3 Å². The van der Waals surface area contributed by atoms with Crippen molar-refractivity contribution in [3.05, 3.63) is 52.0 Å². The van der Waals surface area contributed by atoms with Crippen molar-refractivity contribution in [3.63, 3.8) is 0 Å². The van der Waals surface area contributed by atoms with Crippen molar-refractivity contribution in [2.75, 3.05) is 11.1 Å². The summed E-state index contributed by atoms with van der Waals surface area (Å²) in [6.07, 6.45) is 1.82. The van der Waals surface area contributed by atoms with Gasteiger partial charge in [0.15, 0.2) is 5.13 Å². The van der Waals surface area contributed by atoms with Crippen LogP contribution in [0.5, 0.6) is 0 Å². The molecule has 0 atom stereocenters. The number of nitrogens with one attached hydrogen (secondary N) is 1. The van der Waals surface area contributed by atoms with Gasteiger partial charge in [-0.15, -0.1) is 0 Å². The van der Waals surface area contributed by atoms with Crippen LogP contribution >= 0.6 is 11.3 Å². The Morgan fingerprint density at radius 3 is 2.57 bits per heavy atom. The van der Waals surface area contributed by atoms with E-state index in [4.69, 9.17) is 5.73 Å². The Bertz CT molecular complexity index is 705. The monoisotopic (exact) mass is 309 g/mol. The van der Waals surface area contributed by atoms with Crippen LogP contribution in [0.25, 0.3) is 0 Å². The van der Waals surface area contributed by atoms with E-state index in [9.17, 15) is 13.6 Å². The highest BCUT2D eigenvalue weighted by molar-refractivity contribution is 7.18. The first kappa shape index (κ1) is 15.1. The van der Waals surface area contributed by atoms with Crippen LogP contribution in [0, 0.1) is 11.6 Å². The number of thiazole rings is 1. The van der Waals surface area contributed by atoms with Gasteiger partial charge in [-0.3, -0.25) is 4.79 Å². The topological polar surface area (TPSA) is 68.0 Å². The Kier molecular flexibility index (Phi) is 4.32. The number of nitrogens with zero attached hydrogens (tertiary/aromatic N) is 1. The maximum atomic E-state index is 13.6. The predicted molar refractivity (Wildman–Crippen MR) is 79.4 cm³/mol. The lowest BCUT2D eigenvalue weighted by Crippen LogP contribution is -2.07. The fourth-order valence-electron chi connectivity index (χ4n) is 1.62. The first-order chi connectivity index (χ1) is 9.93. The molecule has 0 saturated carbocycles. The first-order valence-electron chi connectivity index (χ1n) is 6.09. The fraction of sp³-hybridized carbons (Fsp3) is 0.143. The number of nitrogens with two attached hydrogens (primary N) is 1. The van der Waals surface area contributed by atoms with Gasteiger partial charge < -0.3 is 11.1 Å². The molecule has 0 bridgehead atoms. The van der Waals surface area contributed by atoms with E-state index in [-0.39, 0.29) is 10.7 Å². The van der Waals surface area contributed by atoms with Crippen molar-refractivity contribution in [2.45, 2.75) is 13.8 Å². The molecule has 0 amide bonds.